The number of nitrogens with zero attached hydrogens (tertiary/aromatic N) is 1. The van der Waals surface area contributed by atoms with Crippen molar-refractivity contribution < 1.29 is 14.8 Å². The molecule has 0 aliphatic heterocycles. The zero-order valence-electron chi connectivity index (χ0n) is 12.7. The van der Waals surface area contributed by atoms with Crippen LogP contribution >= 0.6 is 0 Å². The summed E-state index contributed by atoms with van der Waals surface area (Å²) in [6, 6.07) is 11.5. The third-order valence-corrected chi connectivity index (χ3v) is 3.46. The third kappa shape index (κ3) is 3.31. The normalized spacial score (nSPS) is 11.2. The molecule has 2 aromatic rings. The molecule has 0 amide bonds. The molecule has 0 aromatic heterocycles. The van der Waals surface area contributed by atoms with Gasteiger partial charge in [-0.15, -0.1) is 0 Å². The van der Waals surface area contributed by atoms with E-state index in [1.54, 1.807) is 0 Å². The van der Waals surface area contributed by atoms with Crippen molar-refractivity contribution in [2.75, 3.05) is 0 Å². The first-order valence-corrected chi connectivity index (χ1v) is 6.82. The number of hydrogen-bond donors (Lipinski definition) is 1. The molecule has 0 bridgehead atoms. The zero-order valence-corrected chi connectivity index (χ0v) is 12.7. The molecule has 5 heteroatoms. The summed E-state index contributed by atoms with van der Waals surface area (Å²) in [6.07, 6.45) is 0. The van der Waals surface area contributed by atoms with Crippen LogP contribution in [0.3, 0.4) is 0 Å². The molecule has 0 saturated carbocycles. The van der Waals surface area contributed by atoms with Gasteiger partial charge in [0.15, 0.2) is 0 Å². The number of carboxylic acids is 1. The zero-order chi connectivity index (χ0) is 16.5. The standard InChI is InChI=1S/C17H17NO4/c1-17(2,3)14-6-4-11(5-7-14)12-8-13(16(19)20)10-15(9-12)18(21)22/h4-10H,1-3H3,(H,19,20). The lowest BCUT2D eigenvalue weighted by Crippen LogP contribution is -2.10. The molecule has 0 unspecified atom stereocenters. The Bertz CT molecular complexity index is 695. The van der Waals surface area contributed by atoms with E-state index in [2.05, 4.69) is 20.8 Å². The number of nitro groups is 1. The van der Waals surface area contributed by atoms with Crippen molar-refractivity contribution in [1.82, 2.24) is 0 Å². The fourth-order valence-electron chi connectivity index (χ4n) is 2.17. The van der Waals surface area contributed by atoms with E-state index in [4.69, 9.17) is 5.11 Å². The quantitative estimate of drug-likeness (QED) is 0.678. The van der Waals surface area contributed by atoms with Gasteiger partial charge in [-0.3, -0.25) is 10.1 Å². The van der Waals surface area contributed by atoms with E-state index in [1.165, 1.54) is 12.1 Å². The van der Waals surface area contributed by atoms with E-state index < -0.39 is 10.9 Å². The Morgan fingerprint density at radius 2 is 1.64 bits per heavy atom. The number of hydrogen-bond acceptors (Lipinski definition) is 3. The Kier molecular flexibility index (Phi) is 3.99. The molecule has 5 nitrogen and oxygen atoms in total. The van der Waals surface area contributed by atoms with Crippen LogP contribution in [-0.4, -0.2) is 16.0 Å². The summed E-state index contributed by atoms with van der Waals surface area (Å²) in [7, 11) is 0. The second-order valence-electron chi connectivity index (χ2n) is 6.16. The monoisotopic (exact) mass is 299 g/mol. The minimum Gasteiger partial charge on any atom is -0.478 e. The van der Waals surface area contributed by atoms with E-state index in [1.807, 2.05) is 24.3 Å². The topological polar surface area (TPSA) is 80.4 Å². The highest BCUT2D eigenvalue weighted by Gasteiger charge is 2.16. The lowest BCUT2D eigenvalue weighted by atomic mass is 9.86. The maximum Gasteiger partial charge on any atom is 0.335 e. The molecular formula is C17H17NO4. The van der Waals surface area contributed by atoms with Crippen molar-refractivity contribution in [3.05, 3.63) is 63.7 Å². The van der Waals surface area contributed by atoms with Crippen molar-refractivity contribution in [3.63, 3.8) is 0 Å². The molecule has 2 rings (SSSR count). The molecule has 0 atom stereocenters. The Labute approximate surface area is 128 Å². The highest BCUT2D eigenvalue weighted by atomic mass is 16.6. The Morgan fingerprint density at radius 3 is 2.09 bits per heavy atom. The molecule has 0 radical (unpaired) electrons. The second-order valence-corrected chi connectivity index (χ2v) is 6.16. The minimum absolute atomic E-state index is 0.00738. The van der Waals surface area contributed by atoms with Crippen LogP contribution in [0.1, 0.15) is 36.7 Å². The van der Waals surface area contributed by atoms with Gasteiger partial charge >= 0.3 is 5.97 Å². The predicted octanol–water partition coefficient (Wildman–Crippen LogP) is 4.26. The van der Waals surface area contributed by atoms with Crippen molar-refractivity contribution in [3.8, 4) is 11.1 Å². The van der Waals surface area contributed by atoms with Crippen LogP contribution in [0.2, 0.25) is 0 Å². The molecule has 0 spiro atoms. The Morgan fingerprint density at radius 1 is 1.05 bits per heavy atom. The van der Waals surface area contributed by atoms with E-state index >= 15 is 0 Å². The molecule has 22 heavy (non-hydrogen) atoms. The fraction of sp³-hybridized carbons (Fsp3) is 0.235. The lowest BCUT2D eigenvalue weighted by molar-refractivity contribution is -0.384. The van der Waals surface area contributed by atoms with E-state index in [0.29, 0.717) is 5.56 Å². The number of aromatic carboxylic acids is 1. The van der Waals surface area contributed by atoms with Gasteiger partial charge in [0.25, 0.3) is 5.69 Å². The molecule has 0 aliphatic carbocycles. The minimum atomic E-state index is -1.18. The first kappa shape index (κ1) is 15.7. The molecule has 0 fully saturated rings. The number of benzene rings is 2. The summed E-state index contributed by atoms with van der Waals surface area (Å²) in [5.41, 5.74) is 2.10. The van der Waals surface area contributed by atoms with E-state index in [-0.39, 0.29) is 16.7 Å². The predicted molar refractivity (Wildman–Crippen MR) is 84.2 cm³/mol. The molecule has 0 aliphatic rings. The lowest BCUT2D eigenvalue weighted by Gasteiger charge is -2.19. The molecule has 0 heterocycles. The summed E-state index contributed by atoms with van der Waals surface area (Å²) < 4.78 is 0. The van der Waals surface area contributed by atoms with Crippen molar-refractivity contribution in [2.45, 2.75) is 26.2 Å². The van der Waals surface area contributed by atoms with E-state index in [0.717, 1.165) is 17.2 Å². The first-order valence-electron chi connectivity index (χ1n) is 6.82. The SMILES string of the molecule is CC(C)(C)c1ccc(-c2cc(C(=O)O)cc([N+](=O)[O-])c2)cc1. The maximum absolute atomic E-state index is 11.1. The number of nitro benzene ring substituents is 1. The molecule has 0 saturated heterocycles. The van der Waals surface area contributed by atoms with Crippen LogP contribution < -0.4 is 0 Å². The number of carbonyl (C=O) groups is 1. The average Bonchev–Trinajstić information content (AvgIpc) is 2.46. The van der Waals surface area contributed by atoms with E-state index in [9.17, 15) is 14.9 Å². The summed E-state index contributed by atoms with van der Waals surface area (Å²) in [5.74, 6) is -1.18. The van der Waals surface area contributed by atoms with Crippen molar-refractivity contribution in [1.29, 1.82) is 0 Å². The second kappa shape index (κ2) is 5.60. The van der Waals surface area contributed by atoms with Crippen molar-refractivity contribution in [2.24, 2.45) is 0 Å². The Hall–Kier alpha value is -2.69. The van der Waals surface area contributed by atoms with Crippen LogP contribution in [0.5, 0.6) is 0 Å². The van der Waals surface area contributed by atoms with Gasteiger partial charge in [0.1, 0.15) is 0 Å². The van der Waals surface area contributed by atoms with Crippen LogP contribution in [0, 0.1) is 10.1 Å². The molecule has 2 aromatic carbocycles. The number of non-ortho nitro benzene ring substituents is 1. The van der Waals surface area contributed by atoms with Gasteiger partial charge in [-0.2, -0.15) is 0 Å². The van der Waals surface area contributed by atoms with Gasteiger partial charge in [-0.1, -0.05) is 45.0 Å². The molecule has 1 N–H and O–H groups in total. The van der Waals surface area contributed by atoms with Gasteiger partial charge < -0.3 is 5.11 Å². The fourth-order valence-corrected chi connectivity index (χ4v) is 2.17. The summed E-state index contributed by atoms with van der Waals surface area (Å²) in [4.78, 5) is 21.5. The smallest absolute Gasteiger partial charge is 0.335 e. The summed E-state index contributed by atoms with van der Waals surface area (Å²) in [6.45, 7) is 6.29. The van der Waals surface area contributed by atoms with Crippen LogP contribution in [0.15, 0.2) is 42.5 Å². The summed E-state index contributed by atoms with van der Waals surface area (Å²) in [5, 5.41) is 20.0. The van der Waals surface area contributed by atoms with Gasteiger partial charge in [0.2, 0.25) is 0 Å². The maximum atomic E-state index is 11.1. The largest absolute Gasteiger partial charge is 0.478 e. The highest BCUT2D eigenvalue weighted by molar-refractivity contribution is 5.90. The van der Waals surface area contributed by atoms with Gasteiger partial charge in [0.05, 0.1) is 10.5 Å². The van der Waals surface area contributed by atoms with Crippen LogP contribution in [0.4, 0.5) is 5.69 Å². The molecular weight excluding hydrogens is 282 g/mol. The average molecular weight is 299 g/mol. The van der Waals surface area contributed by atoms with Crippen molar-refractivity contribution >= 4 is 11.7 Å². The number of carboxylic acid groups (broad SMARTS) is 1. The third-order valence-electron chi connectivity index (χ3n) is 3.46. The molecule has 114 valence electrons. The van der Waals surface area contributed by atoms with Gasteiger partial charge in [-0.05, 0) is 28.2 Å². The van der Waals surface area contributed by atoms with Gasteiger partial charge in [0, 0.05) is 12.1 Å². The van der Waals surface area contributed by atoms with Gasteiger partial charge in [-0.25, -0.2) is 4.79 Å². The highest BCUT2D eigenvalue weighted by Crippen LogP contribution is 2.29. The first-order chi connectivity index (χ1) is 10.2. The van der Waals surface area contributed by atoms with Crippen LogP contribution in [-0.2, 0) is 5.41 Å². The summed E-state index contributed by atoms with van der Waals surface area (Å²) >= 11 is 0. The Balaban J connectivity index is 2.52. The number of rotatable bonds is 3. The van der Waals surface area contributed by atoms with Crippen LogP contribution in [0.25, 0.3) is 11.1 Å².